The summed E-state index contributed by atoms with van der Waals surface area (Å²) in [6.45, 7) is 8.31. The van der Waals surface area contributed by atoms with Crippen LogP contribution in [0, 0.1) is 0 Å². The summed E-state index contributed by atoms with van der Waals surface area (Å²) in [6.07, 6.45) is 3.62. The van der Waals surface area contributed by atoms with Gasteiger partial charge in [-0.25, -0.2) is 0 Å². The van der Waals surface area contributed by atoms with Crippen LogP contribution in [0.5, 0.6) is 0 Å². The topological polar surface area (TPSA) is 82.8 Å². The van der Waals surface area contributed by atoms with Crippen LogP contribution in [0.1, 0.15) is 63.8 Å². The Hall–Kier alpha value is -2.05. The number of carbonyl (C=O) groups is 1. The van der Waals surface area contributed by atoms with E-state index in [0.29, 0.717) is 18.9 Å². The molecule has 1 fully saturated rings. The molecule has 0 aliphatic carbocycles. The third kappa shape index (κ3) is 5.21. The Labute approximate surface area is 150 Å². The zero-order chi connectivity index (χ0) is 18.2. The van der Waals surface area contributed by atoms with Crippen molar-refractivity contribution in [2.24, 2.45) is 4.99 Å². The third-order valence-electron chi connectivity index (χ3n) is 4.82. The van der Waals surface area contributed by atoms with Crippen molar-refractivity contribution in [1.82, 2.24) is 20.7 Å². The molecule has 1 aromatic rings. The van der Waals surface area contributed by atoms with Gasteiger partial charge in [0, 0.05) is 44.6 Å². The average Bonchev–Trinajstić information content (AvgIpc) is 3.28. The summed E-state index contributed by atoms with van der Waals surface area (Å²) in [6, 6.07) is 2.26. The predicted octanol–water partition coefficient (Wildman–Crippen LogP) is 2.25. The van der Waals surface area contributed by atoms with Crippen LogP contribution in [0.4, 0.5) is 0 Å². The maximum atomic E-state index is 11.8. The summed E-state index contributed by atoms with van der Waals surface area (Å²) >= 11 is 0. The van der Waals surface area contributed by atoms with E-state index in [1.165, 1.54) is 0 Å². The normalized spacial score (nSPS) is 18.0. The highest BCUT2D eigenvalue weighted by Crippen LogP contribution is 2.22. The van der Waals surface area contributed by atoms with Crippen molar-refractivity contribution in [3.05, 3.63) is 17.5 Å². The fourth-order valence-corrected chi connectivity index (χ4v) is 3.20. The van der Waals surface area contributed by atoms with Crippen molar-refractivity contribution in [3.8, 4) is 0 Å². The number of guanidine groups is 1. The van der Waals surface area contributed by atoms with Crippen LogP contribution in [0.25, 0.3) is 0 Å². The van der Waals surface area contributed by atoms with Gasteiger partial charge >= 0.3 is 0 Å². The molecule has 2 heterocycles. The fourth-order valence-electron chi connectivity index (χ4n) is 3.20. The minimum atomic E-state index is 0.211. The molecule has 25 heavy (non-hydrogen) atoms. The van der Waals surface area contributed by atoms with E-state index in [4.69, 9.17) is 4.52 Å². The van der Waals surface area contributed by atoms with E-state index in [0.717, 1.165) is 49.8 Å². The Morgan fingerprint density at radius 3 is 2.84 bits per heavy atom. The highest BCUT2D eigenvalue weighted by molar-refractivity contribution is 5.80. The Bertz CT molecular complexity index is 580. The fraction of sp³-hybridized carbons (Fsp3) is 0.722. The van der Waals surface area contributed by atoms with E-state index in [1.807, 2.05) is 17.9 Å². The van der Waals surface area contributed by atoms with E-state index in [2.05, 4.69) is 34.6 Å². The lowest BCUT2D eigenvalue weighted by Gasteiger charge is -2.18. The zero-order valence-electron chi connectivity index (χ0n) is 15.8. The van der Waals surface area contributed by atoms with Gasteiger partial charge in [-0.05, 0) is 19.3 Å². The molecule has 0 spiro atoms. The smallest absolute Gasteiger partial charge is 0.222 e. The number of nitrogens with zero attached hydrogens (tertiary/aromatic N) is 3. The molecule has 7 nitrogen and oxygen atoms in total. The van der Waals surface area contributed by atoms with Gasteiger partial charge in [-0.1, -0.05) is 25.9 Å². The maximum absolute atomic E-state index is 11.8. The van der Waals surface area contributed by atoms with E-state index in [9.17, 15) is 4.79 Å². The second-order valence-electron chi connectivity index (χ2n) is 6.48. The average molecular weight is 349 g/mol. The molecule has 140 valence electrons. The predicted molar refractivity (Wildman–Crippen MR) is 98.4 cm³/mol. The lowest BCUT2D eigenvalue weighted by atomic mass is 9.99. The molecule has 2 N–H and O–H groups in total. The Morgan fingerprint density at radius 2 is 2.20 bits per heavy atom. The molecule has 1 aliphatic rings. The number of carbonyl (C=O) groups excluding carboxylic acids is 1. The summed E-state index contributed by atoms with van der Waals surface area (Å²) < 4.78 is 5.43. The summed E-state index contributed by atoms with van der Waals surface area (Å²) in [7, 11) is 1.75. The third-order valence-corrected chi connectivity index (χ3v) is 4.82. The lowest BCUT2D eigenvalue weighted by Crippen LogP contribution is -2.44. The van der Waals surface area contributed by atoms with Gasteiger partial charge in [-0.2, -0.15) is 0 Å². The Kier molecular flexibility index (Phi) is 7.28. The van der Waals surface area contributed by atoms with E-state index < -0.39 is 0 Å². The van der Waals surface area contributed by atoms with E-state index in [1.54, 1.807) is 7.05 Å². The van der Waals surface area contributed by atoms with Crippen LogP contribution in [0.2, 0.25) is 0 Å². The highest BCUT2D eigenvalue weighted by atomic mass is 16.5. The van der Waals surface area contributed by atoms with E-state index in [-0.39, 0.29) is 11.9 Å². The minimum absolute atomic E-state index is 0.211. The summed E-state index contributed by atoms with van der Waals surface area (Å²) in [4.78, 5) is 17.9. The minimum Gasteiger partial charge on any atom is -0.359 e. The van der Waals surface area contributed by atoms with Gasteiger partial charge in [0.1, 0.15) is 0 Å². The van der Waals surface area contributed by atoms with Crippen LogP contribution in [0.15, 0.2) is 15.6 Å². The first kappa shape index (κ1) is 19.3. The molecule has 1 saturated heterocycles. The molecule has 0 saturated carbocycles. The van der Waals surface area contributed by atoms with Gasteiger partial charge < -0.3 is 20.1 Å². The Balaban J connectivity index is 1.82. The summed E-state index contributed by atoms with van der Waals surface area (Å²) in [5.74, 6) is 2.19. The first-order valence-electron chi connectivity index (χ1n) is 9.31. The number of rotatable bonds is 7. The molecule has 0 radical (unpaired) electrons. The molecule has 1 atom stereocenters. The number of aliphatic imine (C=N–C) groups is 1. The van der Waals surface area contributed by atoms with Crippen LogP contribution in [0.3, 0.4) is 0 Å². The molecule has 1 aromatic heterocycles. The number of amides is 1. The number of hydrogen-bond donors (Lipinski definition) is 2. The van der Waals surface area contributed by atoms with Crippen LogP contribution in [-0.4, -0.2) is 48.1 Å². The number of likely N-dealkylation sites (tertiary alicyclic amines) is 1. The molecule has 2 rings (SSSR count). The highest BCUT2D eigenvalue weighted by Gasteiger charge is 2.25. The van der Waals surface area contributed by atoms with Crippen molar-refractivity contribution >= 4 is 11.9 Å². The molecule has 0 bridgehead atoms. The van der Waals surface area contributed by atoms with Gasteiger partial charge in [0.2, 0.25) is 5.91 Å². The van der Waals surface area contributed by atoms with Gasteiger partial charge in [0.25, 0.3) is 0 Å². The standard InChI is InChI=1S/C18H31N5O2/c1-5-13(6-2)16-10-15(25-22-16)11-20-18(19-4)21-14-8-9-23(12-14)17(24)7-3/h10,13-14H,5-9,11-12H2,1-4H3,(H2,19,20,21). The molecular formula is C18H31N5O2. The van der Waals surface area contributed by atoms with Crippen LogP contribution >= 0.6 is 0 Å². The van der Waals surface area contributed by atoms with Crippen molar-refractivity contribution < 1.29 is 9.32 Å². The van der Waals surface area contributed by atoms with Gasteiger partial charge in [0.15, 0.2) is 11.7 Å². The number of hydrogen-bond acceptors (Lipinski definition) is 4. The van der Waals surface area contributed by atoms with Crippen molar-refractivity contribution in [1.29, 1.82) is 0 Å². The van der Waals surface area contributed by atoms with Gasteiger partial charge in [-0.15, -0.1) is 0 Å². The quantitative estimate of drug-likeness (QED) is 0.583. The first-order valence-corrected chi connectivity index (χ1v) is 9.31. The molecular weight excluding hydrogens is 318 g/mol. The number of aromatic nitrogens is 1. The van der Waals surface area contributed by atoms with Crippen molar-refractivity contribution in [3.63, 3.8) is 0 Å². The van der Waals surface area contributed by atoms with Gasteiger partial charge in [0.05, 0.1) is 12.2 Å². The molecule has 0 aromatic carbocycles. The second-order valence-corrected chi connectivity index (χ2v) is 6.48. The molecule has 1 aliphatic heterocycles. The molecule has 1 amide bonds. The second kappa shape index (κ2) is 9.44. The van der Waals surface area contributed by atoms with Crippen LogP contribution in [-0.2, 0) is 11.3 Å². The van der Waals surface area contributed by atoms with Gasteiger partial charge in [-0.3, -0.25) is 9.79 Å². The monoisotopic (exact) mass is 349 g/mol. The zero-order valence-corrected chi connectivity index (χ0v) is 15.8. The summed E-state index contributed by atoms with van der Waals surface area (Å²) in [5.41, 5.74) is 1.02. The molecule has 1 unspecified atom stereocenters. The Morgan fingerprint density at radius 1 is 1.44 bits per heavy atom. The van der Waals surface area contributed by atoms with Crippen LogP contribution < -0.4 is 10.6 Å². The maximum Gasteiger partial charge on any atom is 0.222 e. The molecule has 7 heteroatoms. The summed E-state index contributed by atoms with van der Waals surface area (Å²) in [5, 5.41) is 10.8. The largest absolute Gasteiger partial charge is 0.359 e. The van der Waals surface area contributed by atoms with Crippen molar-refractivity contribution in [2.75, 3.05) is 20.1 Å². The first-order chi connectivity index (χ1) is 12.1. The number of nitrogens with one attached hydrogen (secondary N) is 2. The van der Waals surface area contributed by atoms with Crippen molar-refractivity contribution in [2.45, 2.75) is 65.0 Å². The lowest BCUT2D eigenvalue weighted by molar-refractivity contribution is -0.129. The van der Waals surface area contributed by atoms with E-state index >= 15 is 0 Å². The SMILES string of the molecule is CCC(=O)N1CCC(NC(=NC)NCc2cc(C(CC)CC)no2)C1.